The lowest BCUT2D eigenvalue weighted by Crippen LogP contribution is -2.19. The summed E-state index contributed by atoms with van der Waals surface area (Å²) < 4.78 is 24.4. The minimum atomic E-state index is -2.44. The third-order valence-corrected chi connectivity index (χ3v) is 4.01. The minimum Gasteiger partial charge on any atom is -0.755 e. The molecule has 0 saturated carbocycles. The van der Waals surface area contributed by atoms with E-state index < -0.39 is 11.3 Å². The van der Waals surface area contributed by atoms with E-state index in [0.717, 1.165) is 4.31 Å². The second-order valence-corrected chi connectivity index (χ2v) is 5.32. The van der Waals surface area contributed by atoms with Crippen LogP contribution in [0, 0.1) is 0 Å². The highest BCUT2D eigenvalue weighted by molar-refractivity contribution is 9.10. The van der Waals surface area contributed by atoms with Gasteiger partial charge in [0, 0.05) is 0 Å². The van der Waals surface area contributed by atoms with Gasteiger partial charge in [0.2, 0.25) is 0 Å². The van der Waals surface area contributed by atoms with Crippen LogP contribution in [0.1, 0.15) is 0 Å². The Hall–Kier alpha value is -0.950. The molecule has 1 heterocycles. The Morgan fingerprint density at radius 1 is 1.28 bits per heavy atom. The van der Waals surface area contributed by atoms with Gasteiger partial charge in [0.25, 0.3) is 0 Å². The van der Waals surface area contributed by atoms with Gasteiger partial charge in [-0.05, 0) is 34.1 Å². The SMILES string of the molecule is O=S([O-])N(c1ccccc1)c1cnc(Cl)c(Br)c1. The van der Waals surface area contributed by atoms with Crippen molar-refractivity contribution >= 4 is 50.2 Å². The zero-order valence-electron chi connectivity index (χ0n) is 8.92. The number of halogens is 2. The van der Waals surface area contributed by atoms with E-state index in [1.165, 1.54) is 6.20 Å². The number of aromatic nitrogens is 1. The van der Waals surface area contributed by atoms with Crippen molar-refractivity contribution in [2.45, 2.75) is 0 Å². The maximum atomic E-state index is 11.3. The Bertz CT molecular complexity index is 583. The van der Waals surface area contributed by atoms with E-state index in [2.05, 4.69) is 20.9 Å². The quantitative estimate of drug-likeness (QED) is 0.632. The molecule has 94 valence electrons. The molecule has 0 aliphatic carbocycles. The fourth-order valence-corrected chi connectivity index (χ4v) is 2.41. The summed E-state index contributed by atoms with van der Waals surface area (Å²) >= 11 is 6.55. The van der Waals surface area contributed by atoms with Gasteiger partial charge in [-0.25, -0.2) is 4.98 Å². The first-order valence-corrected chi connectivity index (χ1v) is 7.05. The number of pyridine rings is 1. The van der Waals surface area contributed by atoms with Gasteiger partial charge in [-0.15, -0.1) is 0 Å². The lowest BCUT2D eigenvalue weighted by atomic mass is 10.3. The highest BCUT2D eigenvalue weighted by Crippen LogP contribution is 2.30. The van der Waals surface area contributed by atoms with Crippen molar-refractivity contribution in [1.82, 2.24) is 4.98 Å². The van der Waals surface area contributed by atoms with Crippen LogP contribution in [0.4, 0.5) is 11.4 Å². The molecule has 1 aromatic heterocycles. The molecule has 18 heavy (non-hydrogen) atoms. The lowest BCUT2D eigenvalue weighted by molar-refractivity contribution is 0.537. The van der Waals surface area contributed by atoms with Crippen molar-refractivity contribution in [1.29, 1.82) is 0 Å². The molecule has 7 heteroatoms. The van der Waals surface area contributed by atoms with Gasteiger partial charge in [-0.2, -0.15) is 0 Å². The molecule has 4 nitrogen and oxygen atoms in total. The van der Waals surface area contributed by atoms with Crippen molar-refractivity contribution in [3.05, 3.63) is 52.2 Å². The van der Waals surface area contributed by atoms with Crippen LogP contribution in [0.15, 0.2) is 47.1 Å². The van der Waals surface area contributed by atoms with Gasteiger partial charge in [0.1, 0.15) is 5.15 Å². The van der Waals surface area contributed by atoms with E-state index in [9.17, 15) is 8.76 Å². The maximum absolute atomic E-state index is 11.3. The largest absolute Gasteiger partial charge is 0.755 e. The van der Waals surface area contributed by atoms with Crippen molar-refractivity contribution in [2.24, 2.45) is 0 Å². The first-order chi connectivity index (χ1) is 8.59. The van der Waals surface area contributed by atoms with Crippen molar-refractivity contribution in [3.8, 4) is 0 Å². The normalized spacial score (nSPS) is 12.2. The third kappa shape index (κ3) is 2.89. The number of nitrogens with zero attached hydrogens (tertiary/aromatic N) is 2. The summed E-state index contributed by atoms with van der Waals surface area (Å²) in [6, 6.07) is 10.3. The maximum Gasteiger partial charge on any atom is 0.143 e. The van der Waals surface area contributed by atoms with Crippen molar-refractivity contribution < 1.29 is 8.76 Å². The van der Waals surface area contributed by atoms with Gasteiger partial charge >= 0.3 is 0 Å². The second kappa shape index (κ2) is 5.79. The van der Waals surface area contributed by atoms with Gasteiger partial charge in [-0.3, -0.25) is 8.51 Å². The fourth-order valence-electron chi connectivity index (χ4n) is 1.41. The van der Waals surface area contributed by atoms with Crippen LogP contribution in [0.25, 0.3) is 0 Å². The molecule has 0 N–H and O–H groups in total. The number of benzene rings is 1. The van der Waals surface area contributed by atoms with Gasteiger partial charge < -0.3 is 4.55 Å². The molecule has 0 saturated heterocycles. The number of hydrogen-bond donors (Lipinski definition) is 0. The summed E-state index contributed by atoms with van der Waals surface area (Å²) in [5.41, 5.74) is 0.938. The standard InChI is InChI=1S/C11H8BrClN2O2S/c12-10-6-9(7-14-11(10)13)15(18(16)17)8-4-2-1-3-5-8/h1-7H,(H,16,17)/p-1. The molecule has 0 radical (unpaired) electrons. The fraction of sp³-hybridized carbons (Fsp3) is 0. The molecular weight excluding hydrogens is 340 g/mol. The molecule has 2 rings (SSSR count). The van der Waals surface area contributed by atoms with Crippen LogP contribution in [0.3, 0.4) is 0 Å². The van der Waals surface area contributed by atoms with E-state index in [4.69, 9.17) is 11.6 Å². The summed E-state index contributed by atoms with van der Waals surface area (Å²) in [4.78, 5) is 3.91. The summed E-state index contributed by atoms with van der Waals surface area (Å²) in [5.74, 6) is 0. The van der Waals surface area contributed by atoms with Crippen LogP contribution < -0.4 is 4.31 Å². The molecule has 1 atom stereocenters. The highest BCUT2D eigenvalue weighted by atomic mass is 79.9. The number of para-hydroxylation sites is 1. The van der Waals surface area contributed by atoms with E-state index >= 15 is 0 Å². The Morgan fingerprint density at radius 2 is 1.94 bits per heavy atom. The summed E-state index contributed by atoms with van der Waals surface area (Å²) in [5, 5.41) is 0.281. The number of rotatable bonds is 3. The summed E-state index contributed by atoms with van der Waals surface area (Å²) in [6.45, 7) is 0. The molecule has 2 aromatic rings. The third-order valence-electron chi connectivity index (χ3n) is 2.16. The summed E-state index contributed by atoms with van der Waals surface area (Å²) in [7, 11) is 0. The van der Waals surface area contributed by atoms with Crippen LogP contribution in [0.2, 0.25) is 5.15 Å². The van der Waals surface area contributed by atoms with E-state index in [0.29, 0.717) is 15.8 Å². The average molecular weight is 347 g/mol. The molecular formula is C11H7BrClN2O2S-. The monoisotopic (exact) mass is 345 g/mol. The second-order valence-electron chi connectivity index (χ2n) is 3.31. The molecule has 1 aromatic carbocycles. The predicted octanol–water partition coefficient (Wildman–Crippen LogP) is 3.43. The predicted molar refractivity (Wildman–Crippen MR) is 74.4 cm³/mol. The summed E-state index contributed by atoms with van der Waals surface area (Å²) in [6.07, 6.45) is 1.40. The molecule has 0 amide bonds. The van der Waals surface area contributed by atoms with Crippen LogP contribution in [-0.4, -0.2) is 13.7 Å². The van der Waals surface area contributed by atoms with Crippen LogP contribution in [0.5, 0.6) is 0 Å². The van der Waals surface area contributed by atoms with Crippen LogP contribution >= 0.6 is 27.5 Å². The smallest absolute Gasteiger partial charge is 0.143 e. The highest BCUT2D eigenvalue weighted by Gasteiger charge is 2.12. The van der Waals surface area contributed by atoms with E-state index in [1.54, 1.807) is 30.3 Å². The Labute approximate surface area is 120 Å². The van der Waals surface area contributed by atoms with Crippen LogP contribution in [-0.2, 0) is 11.3 Å². The Balaban J connectivity index is 2.49. The molecule has 0 aliphatic rings. The minimum absolute atomic E-state index is 0.281. The van der Waals surface area contributed by atoms with Gasteiger partial charge in [0.15, 0.2) is 0 Å². The lowest BCUT2D eigenvalue weighted by Gasteiger charge is -2.26. The zero-order chi connectivity index (χ0) is 13.1. The molecule has 0 fully saturated rings. The van der Waals surface area contributed by atoms with E-state index in [1.807, 2.05) is 6.07 Å². The average Bonchev–Trinajstić information content (AvgIpc) is 2.35. The topological polar surface area (TPSA) is 56.3 Å². The van der Waals surface area contributed by atoms with Gasteiger partial charge in [0.05, 0.1) is 33.3 Å². The first-order valence-electron chi connectivity index (χ1n) is 4.85. The van der Waals surface area contributed by atoms with Gasteiger partial charge in [-0.1, -0.05) is 29.8 Å². The molecule has 1 unspecified atom stereocenters. The Morgan fingerprint density at radius 3 is 2.50 bits per heavy atom. The number of hydrogen-bond acceptors (Lipinski definition) is 3. The zero-order valence-corrected chi connectivity index (χ0v) is 12.1. The van der Waals surface area contributed by atoms with Crippen molar-refractivity contribution in [3.63, 3.8) is 0 Å². The molecule has 0 bridgehead atoms. The Kier molecular flexibility index (Phi) is 4.34. The molecule has 0 aliphatic heterocycles. The first kappa shape index (κ1) is 13.5. The van der Waals surface area contributed by atoms with E-state index in [-0.39, 0.29) is 5.15 Å². The van der Waals surface area contributed by atoms with Crippen molar-refractivity contribution in [2.75, 3.05) is 4.31 Å². The molecule has 0 spiro atoms. The number of anilines is 2.